The average Bonchev–Trinajstić information content (AvgIpc) is 2.14. The monoisotopic (exact) mass is 268 g/mol. The van der Waals surface area contributed by atoms with Crippen LogP contribution in [0.1, 0.15) is 37.0 Å². The van der Waals surface area contributed by atoms with Gasteiger partial charge in [0.05, 0.1) is 0 Å². The van der Waals surface area contributed by atoms with E-state index in [9.17, 15) is 0 Å². The second-order valence-corrected chi connectivity index (χ2v) is 5.78. The third-order valence-corrected chi connectivity index (χ3v) is 4.40. The van der Waals surface area contributed by atoms with Crippen LogP contribution in [-0.2, 0) is 6.42 Å². The van der Waals surface area contributed by atoms with E-state index in [1.165, 1.54) is 29.5 Å². The maximum absolute atomic E-state index is 3.74. The summed E-state index contributed by atoms with van der Waals surface area (Å²) in [5.74, 6) is 0.705. The molecule has 2 atom stereocenters. The van der Waals surface area contributed by atoms with Crippen molar-refractivity contribution in [3.63, 3.8) is 0 Å². The highest BCUT2D eigenvalue weighted by atomic mass is 79.9. The summed E-state index contributed by atoms with van der Waals surface area (Å²) < 4.78 is 0. The molecule has 84 valence electrons. The van der Waals surface area contributed by atoms with Crippen LogP contribution in [0.15, 0.2) is 18.2 Å². The molecule has 0 aliphatic rings. The SMILES string of the molecule is CCC(Br)C(C)Cc1cc(C)cc(C)c1. The molecule has 0 fully saturated rings. The van der Waals surface area contributed by atoms with Crippen LogP contribution in [0.5, 0.6) is 0 Å². The molecule has 0 spiro atoms. The third-order valence-electron chi connectivity index (χ3n) is 2.85. The van der Waals surface area contributed by atoms with Crippen LogP contribution in [0.4, 0.5) is 0 Å². The van der Waals surface area contributed by atoms with Gasteiger partial charge in [0.2, 0.25) is 0 Å². The Balaban J connectivity index is 2.72. The topological polar surface area (TPSA) is 0 Å². The summed E-state index contributed by atoms with van der Waals surface area (Å²) in [4.78, 5) is 0.637. The molecular formula is C14H21Br. The minimum atomic E-state index is 0.637. The number of benzene rings is 1. The first-order valence-corrected chi connectivity index (χ1v) is 6.65. The van der Waals surface area contributed by atoms with Crippen molar-refractivity contribution >= 4 is 15.9 Å². The van der Waals surface area contributed by atoms with Gasteiger partial charge in [-0.25, -0.2) is 0 Å². The summed E-state index contributed by atoms with van der Waals surface area (Å²) in [5.41, 5.74) is 4.22. The quantitative estimate of drug-likeness (QED) is 0.697. The van der Waals surface area contributed by atoms with Gasteiger partial charge in [0.25, 0.3) is 0 Å². The lowest BCUT2D eigenvalue weighted by Crippen LogP contribution is -2.12. The van der Waals surface area contributed by atoms with Gasteiger partial charge < -0.3 is 0 Å². The van der Waals surface area contributed by atoms with Crippen LogP contribution in [0.2, 0.25) is 0 Å². The molecular weight excluding hydrogens is 248 g/mol. The molecule has 0 bridgehead atoms. The number of halogens is 1. The molecule has 1 aromatic carbocycles. The molecule has 0 saturated heterocycles. The van der Waals surface area contributed by atoms with Crippen molar-refractivity contribution in [3.8, 4) is 0 Å². The summed E-state index contributed by atoms with van der Waals surface area (Å²) in [6.07, 6.45) is 2.37. The molecule has 1 rings (SSSR count). The molecule has 0 aliphatic carbocycles. The maximum Gasteiger partial charge on any atom is 0.0172 e. The first kappa shape index (κ1) is 12.8. The van der Waals surface area contributed by atoms with Gasteiger partial charge in [-0.15, -0.1) is 0 Å². The minimum Gasteiger partial charge on any atom is -0.0888 e. The maximum atomic E-state index is 3.74. The standard InChI is InChI=1S/C14H21Br/c1-5-14(15)12(4)9-13-7-10(2)6-11(3)8-13/h6-8,12,14H,5,9H2,1-4H3. The Morgan fingerprint density at radius 2 is 1.67 bits per heavy atom. The molecule has 0 aliphatic heterocycles. The predicted octanol–water partition coefficient (Wildman–Crippen LogP) is 4.66. The molecule has 0 nitrogen and oxygen atoms in total. The molecule has 0 N–H and O–H groups in total. The number of aryl methyl sites for hydroxylation is 2. The Kier molecular flexibility index (Phi) is 4.85. The zero-order valence-electron chi connectivity index (χ0n) is 10.2. The fourth-order valence-electron chi connectivity index (χ4n) is 2.09. The van der Waals surface area contributed by atoms with Crippen LogP contribution < -0.4 is 0 Å². The molecule has 0 radical (unpaired) electrons. The predicted molar refractivity (Wildman–Crippen MR) is 71.8 cm³/mol. The van der Waals surface area contributed by atoms with Crippen molar-refractivity contribution in [1.29, 1.82) is 0 Å². The summed E-state index contributed by atoms with van der Waals surface area (Å²) in [7, 11) is 0. The Hall–Kier alpha value is -0.300. The summed E-state index contributed by atoms with van der Waals surface area (Å²) in [5, 5.41) is 0. The van der Waals surface area contributed by atoms with E-state index < -0.39 is 0 Å². The molecule has 0 aromatic heterocycles. The van der Waals surface area contributed by atoms with Gasteiger partial charge in [0.1, 0.15) is 0 Å². The number of alkyl halides is 1. The molecule has 0 amide bonds. The van der Waals surface area contributed by atoms with E-state index in [4.69, 9.17) is 0 Å². The number of hydrogen-bond acceptors (Lipinski definition) is 0. The molecule has 15 heavy (non-hydrogen) atoms. The summed E-state index contributed by atoms with van der Waals surface area (Å²) >= 11 is 3.74. The van der Waals surface area contributed by atoms with Crippen molar-refractivity contribution in [1.82, 2.24) is 0 Å². The van der Waals surface area contributed by atoms with Crippen LogP contribution in [0.3, 0.4) is 0 Å². The van der Waals surface area contributed by atoms with E-state index in [2.05, 4.69) is 61.8 Å². The van der Waals surface area contributed by atoms with Crippen molar-refractivity contribution < 1.29 is 0 Å². The summed E-state index contributed by atoms with van der Waals surface area (Å²) in [6, 6.07) is 6.84. The smallest absolute Gasteiger partial charge is 0.0172 e. The molecule has 0 saturated carbocycles. The number of rotatable bonds is 4. The largest absolute Gasteiger partial charge is 0.0888 e. The van der Waals surface area contributed by atoms with Gasteiger partial charge >= 0.3 is 0 Å². The highest BCUT2D eigenvalue weighted by molar-refractivity contribution is 9.09. The van der Waals surface area contributed by atoms with E-state index in [0.717, 1.165) is 0 Å². The van der Waals surface area contributed by atoms with E-state index >= 15 is 0 Å². The Bertz CT molecular complexity index is 297. The Morgan fingerprint density at radius 3 is 2.13 bits per heavy atom. The normalized spacial score (nSPS) is 15.0. The Labute approximate surface area is 102 Å². The molecule has 0 heterocycles. The summed E-state index contributed by atoms with van der Waals surface area (Å²) in [6.45, 7) is 8.90. The van der Waals surface area contributed by atoms with Crippen molar-refractivity contribution in [2.24, 2.45) is 5.92 Å². The number of hydrogen-bond donors (Lipinski definition) is 0. The van der Waals surface area contributed by atoms with Crippen LogP contribution in [0, 0.1) is 19.8 Å². The van der Waals surface area contributed by atoms with Crippen LogP contribution >= 0.6 is 15.9 Å². The van der Waals surface area contributed by atoms with Crippen LogP contribution in [0.25, 0.3) is 0 Å². The highest BCUT2D eigenvalue weighted by Crippen LogP contribution is 2.21. The second-order valence-electron chi connectivity index (χ2n) is 4.60. The second kappa shape index (κ2) is 5.69. The first-order valence-electron chi connectivity index (χ1n) is 5.74. The van der Waals surface area contributed by atoms with Crippen LogP contribution in [-0.4, -0.2) is 4.83 Å². The van der Waals surface area contributed by atoms with E-state index in [0.29, 0.717) is 10.7 Å². The minimum absolute atomic E-state index is 0.637. The van der Waals surface area contributed by atoms with E-state index in [1.54, 1.807) is 0 Å². The zero-order chi connectivity index (χ0) is 11.4. The van der Waals surface area contributed by atoms with Gasteiger partial charge in [0, 0.05) is 4.83 Å². The molecule has 1 heteroatoms. The van der Waals surface area contributed by atoms with Gasteiger partial charge in [-0.05, 0) is 38.2 Å². The average molecular weight is 269 g/mol. The third kappa shape index (κ3) is 3.98. The van der Waals surface area contributed by atoms with Gasteiger partial charge in [0.15, 0.2) is 0 Å². The fraction of sp³-hybridized carbons (Fsp3) is 0.571. The lowest BCUT2D eigenvalue weighted by atomic mass is 9.95. The fourth-order valence-corrected chi connectivity index (χ4v) is 2.28. The van der Waals surface area contributed by atoms with Crippen molar-refractivity contribution in [3.05, 3.63) is 34.9 Å². The van der Waals surface area contributed by atoms with E-state index in [1.807, 2.05) is 0 Å². The Morgan fingerprint density at radius 1 is 1.13 bits per heavy atom. The molecule has 1 aromatic rings. The van der Waals surface area contributed by atoms with Gasteiger partial charge in [-0.1, -0.05) is 59.1 Å². The van der Waals surface area contributed by atoms with Crippen molar-refractivity contribution in [2.75, 3.05) is 0 Å². The zero-order valence-corrected chi connectivity index (χ0v) is 11.8. The van der Waals surface area contributed by atoms with Gasteiger partial charge in [-0.2, -0.15) is 0 Å². The first-order chi connectivity index (χ1) is 7.02. The van der Waals surface area contributed by atoms with Gasteiger partial charge in [-0.3, -0.25) is 0 Å². The van der Waals surface area contributed by atoms with Crippen molar-refractivity contribution in [2.45, 2.75) is 45.4 Å². The molecule has 2 unspecified atom stereocenters. The van der Waals surface area contributed by atoms with E-state index in [-0.39, 0.29) is 0 Å². The lowest BCUT2D eigenvalue weighted by Gasteiger charge is -2.17. The highest BCUT2D eigenvalue weighted by Gasteiger charge is 2.12. The lowest BCUT2D eigenvalue weighted by molar-refractivity contribution is 0.545.